The molecule has 2 aromatic rings. The van der Waals surface area contributed by atoms with Crippen LogP contribution < -0.4 is 10.6 Å². The number of nitrogens with one attached hydrogen (secondary N) is 1. The Morgan fingerprint density at radius 3 is 2.26 bits per heavy atom. The van der Waals surface area contributed by atoms with Gasteiger partial charge in [0.1, 0.15) is 6.04 Å². The summed E-state index contributed by atoms with van der Waals surface area (Å²) in [6, 6.07) is 13.0. The number of rotatable bonds is 5. The number of amides is 1. The van der Waals surface area contributed by atoms with Crippen LogP contribution in [-0.4, -0.2) is 11.9 Å². The Balaban J connectivity index is 2.02. The van der Waals surface area contributed by atoms with E-state index in [4.69, 9.17) is 34.8 Å². The minimum absolute atomic E-state index is 0.145. The van der Waals surface area contributed by atoms with Crippen LogP contribution in [0.3, 0.4) is 0 Å². The molecule has 1 amide bonds. The van der Waals surface area contributed by atoms with Gasteiger partial charge in [-0.3, -0.25) is 4.79 Å². The summed E-state index contributed by atoms with van der Waals surface area (Å²) in [5.41, 5.74) is 1.62. The van der Waals surface area contributed by atoms with E-state index >= 15 is 0 Å². The molecule has 0 aliphatic heterocycles. The summed E-state index contributed by atoms with van der Waals surface area (Å²) in [4.78, 5) is 12.4. The second-order valence-corrected chi connectivity index (χ2v) is 6.64. The van der Waals surface area contributed by atoms with Crippen molar-refractivity contribution in [2.24, 2.45) is 0 Å². The normalized spacial score (nSPS) is 13.4. The van der Waals surface area contributed by atoms with E-state index in [9.17, 15) is 4.79 Å². The first kappa shape index (κ1) is 18.1. The lowest BCUT2D eigenvalue weighted by molar-refractivity contribution is -0.709. The fourth-order valence-electron chi connectivity index (χ4n) is 2.25. The Kier molecular flexibility index (Phi) is 6.31. The smallest absolute Gasteiger partial charge is 0.282 e. The summed E-state index contributed by atoms with van der Waals surface area (Å²) >= 11 is 17.9. The first-order valence-electron chi connectivity index (χ1n) is 7.24. The zero-order chi connectivity index (χ0) is 17.0. The summed E-state index contributed by atoms with van der Waals surface area (Å²) < 4.78 is 0. The molecule has 0 unspecified atom stereocenters. The van der Waals surface area contributed by atoms with Crippen molar-refractivity contribution in [3.8, 4) is 0 Å². The fraction of sp³-hybridized carbons (Fsp3) is 0.235. The molecule has 3 N–H and O–H groups in total. The quantitative estimate of drug-likeness (QED) is 0.755. The SMILES string of the molecule is C[C@@H]([NH2+][C@H](C)c1ccccc1)C(=O)Nc1cc(Cl)c(Cl)cc1Cl. The predicted octanol–water partition coefficient (Wildman–Crippen LogP) is 4.30. The van der Waals surface area contributed by atoms with Gasteiger partial charge in [-0.25, -0.2) is 0 Å². The monoisotopic (exact) mass is 371 g/mol. The van der Waals surface area contributed by atoms with E-state index in [2.05, 4.69) is 12.2 Å². The van der Waals surface area contributed by atoms with Gasteiger partial charge < -0.3 is 10.6 Å². The average molecular weight is 373 g/mol. The third-order valence-electron chi connectivity index (χ3n) is 3.58. The van der Waals surface area contributed by atoms with Crippen molar-refractivity contribution in [3.05, 3.63) is 63.1 Å². The lowest BCUT2D eigenvalue weighted by Crippen LogP contribution is -2.91. The maximum Gasteiger partial charge on any atom is 0.282 e. The van der Waals surface area contributed by atoms with Crippen molar-refractivity contribution >= 4 is 46.4 Å². The molecule has 0 heterocycles. The molecule has 6 heteroatoms. The molecule has 0 spiro atoms. The number of anilines is 1. The third kappa shape index (κ3) is 4.85. The first-order valence-corrected chi connectivity index (χ1v) is 8.37. The van der Waals surface area contributed by atoms with Crippen LogP contribution in [0.25, 0.3) is 0 Å². The molecule has 2 aromatic carbocycles. The third-order valence-corrected chi connectivity index (χ3v) is 4.62. The van der Waals surface area contributed by atoms with E-state index in [1.807, 2.05) is 42.6 Å². The highest BCUT2D eigenvalue weighted by Gasteiger charge is 2.21. The number of halogens is 3. The number of hydrogen-bond acceptors (Lipinski definition) is 1. The minimum Gasteiger partial charge on any atom is -0.330 e. The van der Waals surface area contributed by atoms with Gasteiger partial charge in [0.2, 0.25) is 0 Å². The summed E-state index contributed by atoms with van der Waals surface area (Å²) in [6.45, 7) is 3.91. The van der Waals surface area contributed by atoms with Gasteiger partial charge in [0.05, 0.1) is 20.8 Å². The Morgan fingerprint density at radius 1 is 1.00 bits per heavy atom. The molecule has 0 saturated heterocycles. The number of carbonyl (C=O) groups excluding carboxylic acids is 1. The summed E-state index contributed by atoms with van der Waals surface area (Å²) in [7, 11) is 0. The topological polar surface area (TPSA) is 45.7 Å². The Morgan fingerprint density at radius 2 is 1.61 bits per heavy atom. The lowest BCUT2D eigenvalue weighted by Gasteiger charge is -2.17. The van der Waals surface area contributed by atoms with Crippen molar-refractivity contribution < 1.29 is 10.1 Å². The number of carbonyl (C=O) groups is 1. The molecule has 0 aliphatic rings. The van der Waals surface area contributed by atoms with Crippen LogP contribution in [0.15, 0.2) is 42.5 Å². The number of hydrogen-bond donors (Lipinski definition) is 2. The fourth-order valence-corrected chi connectivity index (χ4v) is 2.85. The van der Waals surface area contributed by atoms with Gasteiger partial charge in [-0.2, -0.15) is 0 Å². The van der Waals surface area contributed by atoms with Gasteiger partial charge >= 0.3 is 0 Å². The standard InChI is InChI=1S/C17H17Cl3N2O/c1-10(12-6-4-3-5-7-12)21-11(2)17(23)22-16-9-14(19)13(18)8-15(16)20/h3-11,21H,1-2H3,(H,22,23)/p+1/t10-,11-/m1/s1. The van der Waals surface area contributed by atoms with Gasteiger partial charge in [0.15, 0.2) is 6.04 Å². The lowest BCUT2D eigenvalue weighted by atomic mass is 10.1. The van der Waals surface area contributed by atoms with Crippen LogP contribution in [0.4, 0.5) is 5.69 Å². The van der Waals surface area contributed by atoms with Gasteiger partial charge in [0, 0.05) is 5.56 Å². The number of quaternary nitrogens is 1. The zero-order valence-electron chi connectivity index (χ0n) is 12.8. The minimum atomic E-state index is -0.282. The second kappa shape index (κ2) is 8.02. The molecular formula is C17H18Cl3N2O+. The zero-order valence-corrected chi connectivity index (χ0v) is 15.1. The Bertz CT molecular complexity index is 692. The molecule has 0 radical (unpaired) electrons. The van der Waals surface area contributed by atoms with Crippen molar-refractivity contribution in [1.29, 1.82) is 0 Å². The van der Waals surface area contributed by atoms with Gasteiger partial charge in [-0.05, 0) is 26.0 Å². The van der Waals surface area contributed by atoms with Crippen molar-refractivity contribution in [2.45, 2.75) is 25.9 Å². The van der Waals surface area contributed by atoms with E-state index in [1.54, 1.807) is 6.07 Å². The first-order chi connectivity index (χ1) is 10.9. The van der Waals surface area contributed by atoms with Crippen LogP contribution >= 0.6 is 34.8 Å². The molecular weight excluding hydrogens is 355 g/mol. The Labute approximate surface area is 150 Å². The van der Waals surface area contributed by atoms with Gasteiger partial charge in [0.25, 0.3) is 5.91 Å². The van der Waals surface area contributed by atoms with E-state index in [0.29, 0.717) is 20.8 Å². The largest absolute Gasteiger partial charge is 0.330 e. The molecule has 0 saturated carbocycles. The summed E-state index contributed by atoms with van der Waals surface area (Å²) in [6.07, 6.45) is 0. The molecule has 2 atom stereocenters. The van der Waals surface area contributed by atoms with Crippen molar-refractivity contribution in [3.63, 3.8) is 0 Å². The molecule has 122 valence electrons. The molecule has 3 nitrogen and oxygen atoms in total. The summed E-state index contributed by atoms with van der Waals surface area (Å²) in [5.74, 6) is -0.145. The van der Waals surface area contributed by atoms with E-state index in [1.165, 1.54) is 11.6 Å². The highest BCUT2D eigenvalue weighted by molar-refractivity contribution is 6.44. The maximum absolute atomic E-state index is 12.4. The van der Waals surface area contributed by atoms with E-state index in [0.717, 1.165) is 0 Å². The molecule has 0 fully saturated rings. The predicted molar refractivity (Wildman–Crippen MR) is 96.3 cm³/mol. The van der Waals surface area contributed by atoms with Crippen LogP contribution in [0, 0.1) is 0 Å². The number of nitrogens with two attached hydrogens (primary N) is 1. The van der Waals surface area contributed by atoms with Gasteiger partial charge in [-0.1, -0.05) is 65.1 Å². The second-order valence-electron chi connectivity index (χ2n) is 5.42. The van der Waals surface area contributed by atoms with E-state index in [-0.39, 0.29) is 18.0 Å². The van der Waals surface area contributed by atoms with E-state index < -0.39 is 0 Å². The molecule has 0 bridgehead atoms. The van der Waals surface area contributed by atoms with Crippen LogP contribution in [0.5, 0.6) is 0 Å². The molecule has 0 aliphatic carbocycles. The molecule has 0 aromatic heterocycles. The van der Waals surface area contributed by atoms with Crippen LogP contribution in [-0.2, 0) is 4.79 Å². The maximum atomic E-state index is 12.4. The van der Waals surface area contributed by atoms with Crippen LogP contribution in [0.2, 0.25) is 15.1 Å². The Hall–Kier alpha value is -1.26. The van der Waals surface area contributed by atoms with Gasteiger partial charge in [-0.15, -0.1) is 0 Å². The van der Waals surface area contributed by atoms with Crippen LogP contribution in [0.1, 0.15) is 25.5 Å². The van der Waals surface area contributed by atoms with Crippen molar-refractivity contribution in [1.82, 2.24) is 0 Å². The highest BCUT2D eigenvalue weighted by atomic mass is 35.5. The van der Waals surface area contributed by atoms with Crippen molar-refractivity contribution in [2.75, 3.05) is 5.32 Å². The molecule has 23 heavy (non-hydrogen) atoms. The molecule has 2 rings (SSSR count). The summed E-state index contributed by atoms with van der Waals surface area (Å²) in [5, 5.41) is 5.84. The average Bonchev–Trinajstić information content (AvgIpc) is 2.53. The highest BCUT2D eigenvalue weighted by Crippen LogP contribution is 2.32. The number of benzene rings is 2.